The Balaban J connectivity index is 2.08. The highest BCUT2D eigenvalue weighted by atomic mass is 14.8. The number of hydrogen-bond acceptors (Lipinski definition) is 1. The van der Waals surface area contributed by atoms with Crippen LogP contribution in [-0.4, -0.2) is 9.97 Å². The van der Waals surface area contributed by atoms with Gasteiger partial charge in [0, 0.05) is 28.0 Å². The quantitative estimate of drug-likeness (QED) is 0.517. The second kappa shape index (κ2) is 4.99. The van der Waals surface area contributed by atoms with E-state index in [0.29, 0.717) is 5.92 Å². The summed E-state index contributed by atoms with van der Waals surface area (Å²) in [6.07, 6.45) is 1.91. The van der Waals surface area contributed by atoms with Gasteiger partial charge in [0.1, 0.15) is 0 Å². The first-order chi connectivity index (χ1) is 10.8. The Morgan fingerprint density at radius 2 is 1.64 bits per heavy atom. The van der Waals surface area contributed by atoms with Crippen LogP contribution in [0.1, 0.15) is 25.3 Å². The smallest absolute Gasteiger partial charge is 0.0945 e. The van der Waals surface area contributed by atoms with Crippen molar-refractivity contribution in [1.82, 2.24) is 9.97 Å². The van der Waals surface area contributed by atoms with Gasteiger partial charge in [-0.05, 0) is 23.6 Å². The Morgan fingerprint density at radius 3 is 2.50 bits per heavy atom. The molecule has 2 aromatic heterocycles. The van der Waals surface area contributed by atoms with Gasteiger partial charge >= 0.3 is 0 Å². The summed E-state index contributed by atoms with van der Waals surface area (Å²) in [6.45, 7) is 4.45. The molecule has 0 spiro atoms. The number of pyridine rings is 1. The summed E-state index contributed by atoms with van der Waals surface area (Å²) in [7, 11) is 0. The van der Waals surface area contributed by atoms with Crippen molar-refractivity contribution in [1.29, 1.82) is 0 Å². The lowest BCUT2D eigenvalue weighted by Crippen LogP contribution is -1.94. The highest BCUT2D eigenvalue weighted by Gasteiger charge is 2.14. The third-order valence-electron chi connectivity index (χ3n) is 4.27. The minimum atomic E-state index is 0.470. The molecule has 0 aliphatic heterocycles. The van der Waals surface area contributed by atoms with E-state index in [1.807, 2.05) is 6.20 Å². The van der Waals surface area contributed by atoms with Crippen LogP contribution in [-0.2, 0) is 0 Å². The number of aromatic nitrogens is 2. The summed E-state index contributed by atoms with van der Waals surface area (Å²) in [5.41, 5.74) is 5.87. The highest BCUT2D eigenvalue weighted by molar-refractivity contribution is 6.11. The number of benzene rings is 2. The number of H-pyrrole nitrogens is 1. The van der Waals surface area contributed by atoms with Crippen LogP contribution >= 0.6 is 0 Å². The second-order valence-corrected chi connectivity index (χ2v) is 5.99. The van der Waals surface area contributed by atoms with Crippen LogP contribution in [0, 0.1) is 0 Å². The number of fused-ring (bicyclic) bond motifs is 3. The minimum Gasteiger partial charge on any atom is -0.353 e. The Kier molecular flexibility index (Phi) is 2.97. The van der Waals surface area contributed by atoms with E-state index in [9.17, 15) is 0 Å². The Labute approximate surface area is 129 Å². The van der Waals surface area contributed by atoms with Crippen LogP contribution in [0.25, 0.3) is 33.1 Å². The van der Waals surface area contributed by atoms with Crippen LogP contribution in [0.5, 0.6) is 0 Å². The number of nitrogens with one attached hydrogen (secondary N) is 1. The van der Waals surface area contributed by atoms with Gasteiger partial charge in [0.25, 0.3) is 0 Å². The van der Waals surface area contributed by atoms with Crippen molar-refractivity contribution in [2.24, 2.45) is 0 Å². The Bertz CT molecular complexity index is 964. The summed E-state index contributed by atoms with van der Waals surface area (Å²) in [5, 5.41) is 2.49. The molecule has 2 aromatic carbocycles. The maximum absolute atomic E-state index is 4.68. The molecule has 0 saturated heterocycles. The van der Waals surface area contributed by atoms with Crippen LogP contribution < -0.4 is 0 Å². The van der Waals surface area contributed by atoms with Gasteiger partial charge in [0.2, 0.25) is 0 Å². The van der Waals surface area contributed by atoms with E-state index in [2.05, 4.69) is 78.4 Å². The maximum atomic E-state index is 4.68. The van der Waals surface area contributed by atoms with Crippen molar-refractivity contribution in [3.63, 3.8) is 0 Å². The molecular weight excluding hydrogens is 268 g/mol. The van der Waals surface area contributed by atoms with Gasteiger partial charge in [-0.3, -0.25) is 4.98 Å². The first-order valence-corrected chi connectivity index (χ1v) is 7.70. The molecule has 108 valence electrons. The van der Waals surface area contributed by atoms with Crippen molar-refractivity contribution < 1.29 is 0 Å². The van der Waals surface area contributed by atoms with Gasteiger partial charge in [0.05, 0.1) is 11.2 Å². The van der Waals surface area contributed by atoms with Crippen LogP contribution in [0.2, 0.25) is 0 Å². The topological polar surface area (TPSA) is 28.7 Å². The normalized spacial score (nSPS) is 11.6. The fraction of sp³-hybridized carbons (Fsp3) is 0.150. The zero-order valence-electron chi connectivity index (χ0n) is 12.8. The summed E-state index contributed by atoms with van der Waals surface area (Å²) in [6, 6.07) is 19.1. The molecule has 0 atom stereocenters. The van der Waals surface area contributed by atoms with Gasteiger partial charge in [-0.15, -0.1) is 0 Å². The highest BCUT2D eigenvalue weighted by Crippen LogP contribution is 2.34. The predicted octanol–water partition coefficient (Wildman–Crippen LogP) is 5.51. The maximum Gasteiger partial charge on any atom is 0.0945 e. The van der Waals surface area contributed by atoms with E-state index in [-0.39, 0.29) is 0 Å². The number of rotatable bonds is 2. The SMILES string of the molecule is CC(C)c1ccccc1-c1nccc2c1[nH]c1ccccc12. The van der Waals surface area contributed by atoms with E-state index < -0.39 is 0 Å². The van der Waals surface area contributed by atoms with Crippen molar-refractivity contribution in [3.05, 3.63) is 66.4 Å². The molecule has 22 heavy (non-hydrogen) atoms. The first-order valence-electron chi connectivity index (χ1n) is 7.70. The van der Waals surface area contributed by atoms with Crippen LogP contribution in [0.4, 0.5) is 0 Å². The van der Waals surface area contributed by atoms with E-state index in [1.54, 1.807) is 0 Å². The zero-order chi connectivity index (χ0) is 15.1. The third kappa shape index (κ3) is 1.92. The van der Waals surface area contributed by atoms with Crippen LogP contribution in [0.3, 0.4) is 0 Å². The molecule has 0 aliphatic rings. The van der Waals surface area contributed by atoms with E-state index in [4.69, 9.17) is 0 Å². The number of para-hydroxylation sites is 1. The molecule has 0 bridgehead atoms. The largest absolute Gasteiger partial charge is 0.353 e. The molecule has 0 saturated carbocycles. The molecule has 2 heterocycles. The lowest BCUT2D eigenvalue weighted by atomic mass is 9.94. The van der Waals surface area contributed by atoms with Crippen molar-refractivity contribution in [2.75, 3.05) is 0 Å². The molecule has 0 fully saturated rings. The summed E-state index contributed by atoms with van der Waals surface area (Å²) in [5.74, 6) is 0.470. The molecule has 0 aliphatic carbocycles. The fourth-order valence-electron chi connectivity index (χ4n) is 3.19. The summed E-state index contributed by atoms with van der Waals surface area (Å²) in [4.78, 5) is 8.23. The molecule has 4 rings (SSSR count). The predicted molar refractivity (Wildman–Crippen MR) is 93.1 cm³/mol. The molecule has 0 unspecified atom stereocenters. The number of aromatic amines is 1. The fourth-order valence-corrected chi connectivity index (χ4v) is 3.19. The Hall–Kier alpha value is -2.61. The summed E-state index contributed by atoms with van der Waals surface area (Å²) < 4.78 is 0. The molecule has 2 nitrogen and oxygen atoms in total. The monoisotopic (exact) mass is 286 g/mol. The van der Waals surface area contributed by atoms with Crippen molar-refractivity contribution >= 4 is 21.8 Å². The van der Waals surface area contributed by atoms with Gasteiger partial charge in [-0.25, -0.2) is 0 Å². The first kappa shape index (κ1) is 13.1. The molecular formula is C20H18N2. The lowest BCUT2D eigenvalue weighted by Gasteiger charge is -2.12. The van der Waals surface area contributed by atoms with Gasteiger partial charge in [0.15, 0.2) is 0 Å². The van der Waals surface area contributed by atoms with E-state index >= 15 is 0 Å². The number of hydrogen-bond donors (Lipinski definition) is 1. The number of nitrogens with zero attached hydrogens (tertiary/aromatic N) is 1. The van der Waals surface area contributed by atoms with Gasteiger partial charge < -0.3 is 4.98 Å². The molecule has 2 heteroatoms. The van der Waals surface area contributed by atoms with Crippen molar-refractivity contribution in [2.45, 2.75) is 19.8 Å². The van der Waals surface area contributed by atoms with Gasteiger partial charge in [-0.1, -0.05) is 56.3 Å². The van der Waals surface area contributed by atoms with Crippen molar-refractivity contribution in [3.8, 4) is 11.3 Å². The van der Waals surface area contributed by atoms with E-state index in [1.165, 1.54) is 21.9 Å². The molecule has 0 radical (unpaired) electrons. The van der Waals surface area contributed by atoms with Crippen LogP contribution in [0.15, 0.2) is 60.8 Å². The second-order valence-electron chi connectivity index (χ2n) is 5.99. The zero-order valence-corrected chi connectivity index (χ0v) is 12.8. The standard InChI is InChI=1S/C20H18N2/c1-13(2)14-7-3-4-9-16(14)19-20-17(11-12-21-19)15-8-5-6-10-18(15)22-20/h3-13,22H,1-2H3. The summed E-state index contributed by atoms with van der Waals surface area (Å²) >= 11 is 0. The molecule has 1 N–H and O–H groups in total. The lowest BCUT2D eigenvalue weighted by molar-refractivity contribution is 0.868. The Morgan fingerprint density at radius 1 is 0.864 bits per heavy atom. The average Bonchev–Trinajstić information content (AvgIpc) is 2.93. The molecule has 4 aromatic rings. The van der Waals surface area contributed by atoms with Gasteiger partial charge in [-0.2, -0.15) is 0 Å². The third-order valence-corrected chi connectivity index (χ3v) is 4.27. The molecule has 0 amide bonds. The minimum absolute atomic E-state index is 0.470. The van der Waals surface area contributed by atoms with E-state index in [0.717, 1.165) is 16.7 Å². The average molecular weight is 286 g/mol.